The van der Waals surface area contributed by atoms with Gasteiger partial charge in [0.1, 0.15) is 0 Å². The molecule has 0 aliphatic rings. The fourth-order valence-electron chi connectivity index (χ4n) is 0.982. The zero-order chi connectivity index (χ0) is 7.84. The molecule has 3 heteroatoms. The minimum absolute atomic E-state index is 0.812. The second-order valence-corrected chi connectivity index (χ2v) is 5.65. The van der Waals surface area contributed by atoms with Crippen LogP contribution >= 0.6 is 45.5 Å². The Kier molecular flexibility index (Phi) is 2.08. The Hall–Kier alpha value is 0.200. The average molecular weight is 295 g/mol. The van der Waals surface area contributed by atoms with Crippen LogP contribution in [0.4, 0.5) is 0 Å². The molecule has 0 saturated heterocycles. The Morgan fingerprint density at radius 1 is 1.27 bits per heavy atom. The second-order valence-electron chi connectivity index (χ2n) is 2.23. The highest BCUT2D eigenvalue weighted by atomic mass is 127. The second kappa shape index (κ2) is 2.92. The number of hydrogen-bond donors (Lipinski definition) is 0. The molecule has 2 aromatic rings. The lowest BCUT2D eigenvalue weighted by molar-refractivity contribution is 1.84. The summed E-state index contributed by atoms with van der Waals surface area (Å²) in [5.41, 5.74) is 0. The molecule has 0 spiro atoms. The van der Waals surface area contributed by atoms with Crippen LogP contribution in [0.3, 0.4) is 0 Å². The molecule has 0 fully saturated rings. The molecule has 0 nitrogen and oxygen atoms in total. The van der Waals surface area contributed by atoms with Crippen LogP contribution in [0.2, 0.25) is 5.02 Å². The van der Waals surface area contributed by atoms with Gasteiger partial charge in [-0.3, -0.25) is 0 Å². The van der Waals surface area contributed by atoms with Crippen LogP contribution in [0.5, 0.6) is 0 Å². The summed E-state index contributed by atoms with van der Waals surface area (Å²) >= 11 is 9.94. The maximum Gasteiger partial charge on any atom is 0.0666 e. The van der Waals surface area contributed by atoms with Crippen molar-refractivity contribution in [2.45, 2.75) is 0 Å². The van der Waals surface area contributed by atoms with E-state index in [9.17, 15) is 0 Å². The molecule has 0 bridgehead atoms. The summed E-state index contributed by atoms with van der Waals surface area (Å²) in [5.74, 6) is 0. The molecule has 0 aliphatic heterocycles. The molecule has 0 saturated carbocycles. The topological polar surface area (TPSA) is 0 Å². The summed E-state index contributed by atoms with van der Waals surface area (Å²) in [7, 11) is 0. The Morgan fingerprint density at radius 3 is 2.91 bits per heavy atom. The summed E-state index contributed by atoms with van der Waals surface area (Å²) in [6, 6.07) is 8.13. The minimum Gasteiger partial charge on any atom is -0.129 e. The van der Waals surface area contributed by atoms with Gasteiger partial charge in [0.25, 0.3) is 0 Å². The lowest BCUT2D eigenvalue weighted by Gasteiger charge is -1.87. The van der Waals surface area contributed by atoms with Gasteiger partial charge < -0.3 is 0 Å². The first-order chi connectivity index (χ1) is 5.25. The number of hydrogen-bond acceptors (Lipinski definition) is 1. The van der Waals surface area contributed by atoms with Gasteiger partial charge in [0.15, 0.2) is 0 Å². The zero-order valence-corrected chi connectivity index (χ0v) is 9.20. The first-order valence-electron chi connectivity index (χ1n) is 3.10. The van der Waals surface area contributed by atoms with E-state index in [2.05, 4.69) is 34.7 Å². The van der Waals surface area contributed by atoms with Crippen molar-refractivity contribution in [3.05, 3.63) is 32.2 Å². The Balaban J connectivity index is 2.82. The van der Waals surface area contributed by atoms with E-state index >= 15 is 0 Å². The maximum atomic E-state index is 5.83. The molecule has 0 amide bonds. The van der Waals surface area contributed by atoms with Gasteiger partial charge in [-0.2, -0.15) is 0 Å². The van der Waals surface area contributed by atoms with E-state index in [0.29, 0.717) is 0 Å². The predicted molar refractivity (Wildman–Crippen MR) is 59.6 cm³/mol. The summed E-state index contributed by atoms with van der Waals surface area (Å²) in [6.45, 7) is 0. The van der Waals surface area contributed by atoms with Crippen molar-refractivity contribution in [2.75, 3.05) is 0 Å². The normalized spacial score (nSPS) is 10.7. The molecular formula is C8H4ClIS. The fraction of sp³-hybridized carbons (Fsp3) is 0. The van der Waals surface area contributed by atoms with Crippen LogP contribution in [-0.2, 0) is 0 Å². The average Bonchev–Trinajstić information content (AvgIpc) is 2.27. The zero-order valence-electron chi connectivity index (χ0n) is 5.47. The van der Waals surface area contributed by atoms with E-state index in [0.717, 1.165) is 5.02 Å². The molecule has 1 heterocycles. The third-order valence-corrected chi connectivity index (χ3v) is 3.56. The van der Waals surface area contributed by atoms with Crippen LogP contribution in [0, 0.1) is 2.88 Å². The number of halogens is 2. The van der Waals surface area contributed by atoms with Gasteiger partial charge in [-0.25, -0.2) is 0 Å². The third kappa shape index (κ3) is 1.53. The monoisotopic (exact) mass is 294 g/mol. The van der Waals surface area contributed by atoms with Gasteiger partial charge in [0.2, 0.25) is 0 Å². The maximum absolute atomic E-state index is 5.83. The molecular weight excluding hydrogens is 291 g/mol. The van der Waals surface area contributed by atoms with Crippen molar-refractivity contribution < 1.29 is 0 Å². The molecule has 0 radical (unpaired) electrons. The van der Waals surface area contributed by atoms with Crippen LogP contribution < -0.4 is 0 Å². The quantitative estimate of drug-likeness (QED) is 0.640. The van der Waals surface area contributed by atoms with Crippen LogP contribution in [-0.4, -0.2) is 0 Å². The molecule has 0 N–H and O–H groups in total. The van der Waals surface area contributed by atoms with E-state index in [1.54, 1.807) is 11.3 Å². The predicted octanol–water partition coefficient (Wildman–Crippen LogP) is 4.16. The van der Waals surface area contributed by atoms with Crippen molar-refractivity contribution in [1.29, 1.82) is 0 Å². The number of benzene rings is 1. The summed E-state index contributed by atoms with van der Waals surface area (Å²) < 4.78 is 2.61. The van der Waals surface area contributed by atoms with Crippen LogP contribution in [0.15, 0.2) is 24.3 Å². The molecule has 2 rings (SSSR count). The minimum atomic E-state index is 0.812. The van der Waals surface area contributed by atoms with Gasteiger partial charge in [-0.1, -0.05) is 11.6 Å². The largest absolute Gasteiger partial charge is 0.129 e. The van der Waals surface area contributed by atoms with E-state index < -0.39 is 0 Å². The Labute approximate surface area is 87.3 Å². The van der Waals surface area contributed by atoms with Crippen molar-refractivity contribution >= 4 is 55.6 Å². The molecule has 1 aromatic carbocycles. The highest BCUT2D eigenvalue weighted by molar-refractivity contribution is 14.1. The molecule has 0 aliphatic carbocycles. The Bertz CT molecular complexity index is 394. The highest BCUT2D eigenvalue weighted by Gasteiger charge is 1.98. The lowest BCUT2D eigenvalue weighted by Crippen LogP contribution is -1.61. The SMILES string of the molecule is Clc1ccc2sc(I)cc2c1. The standard InChI is InChI=1S/C8H4ClIS/c9-6-1-2-7-5(3-6)4-8(10)11-7/h1-4H. The highest BCUT2D eigenvalue weighted by Crippen LogP contribution is 2.28. The van der Waals surface area contributed by atoms with E-state index in [1.165, 1.54) is 13.0 Å². The van der Waals surface area contributed by atoms with Crippen molar-refractivity contribution in [2.24, 2.45) is 0 Å². The molecule has 1 aromatic heterocycles. The van der Waals surface area contributed by atoms with Gasteiger partial charge in [-0.05, 0) is 52.2 Å². The van der Waals surface area contributed by atoms with Crippen molar-refractivity contribution in [1.82, 2.24) is 0 Å². The van der Waals surface area contributed by atoms with E-state index in [-0.39, 0.29) is 0 Å². The molecule has 56 valence electrons. The molecule has 11 heavy (non-hydrogen) atoms. The number of fused-ring (bicyclic) bond motifs is 1. The smallest absolute Gasteiger partial charge is 0.0666 e. The lowest BCUT2D eigenvalue weighted by atomic mass is 10.3. The van der Waals surface area contributed by atoms with E-state index in [4.69, 9.17) is 11.6 Å². The van der Waals surface area contributed by atoms with Gasteiger partial charge >= 0.3 is 0 Å². The summed E-state index contributed by atoms with van der Waals surface area (Å²) in [4.78, 5) is 0. The van der Waals surface area contributed by atoms with E-state index in [1.807, 2.05) is 12.1 Å². The molecule has 0 atom stereocenters. The third-order valence-electron chi connectivity index (χ3n) is 1.45. The van der Waals surface area contributed by atoms with Crippen LogP contribution in [0.1, 0.15) is 0 Å². The fourth-order valence-corrected chi connectivity index (χ4v) is 2.98. The first kappa shape index (κ1) is 7.83. The number of thiophene rings is 1. The Morgan fingerprint density at radius 2 is 2.09 bits per heavy atom. The van der Waals surface area contributed by atoms with Gasteiger partial charge in [-0.15, -0.1) is 11.3 Å². The van der Waals surface area contributed by atoms with Crippen molar-refractivity contribution in [3.63, 3.8) is 0 Å². The van der Waals surface area contributed by atoms with Gasteiger partial charge in [0.05, 0.1) is 2.88 Å². The van der Waals surface area contributed by atoms with Crippen molar-refractivity contribution in [3.8, 4) is 0 Å². The number of rotatable bonds is 0. The van der Waals surface area contributed by atoms with Crippen LogP contribution in [0.25, 0.3) is 10.1 Å². The first-order valence-corrected chi connectivity index (χ1v) is 5.37. The summed E-state index contributed by atoms with van der Waals surface area (Å²) in [6.07, 6.45) is 0. The van der Waals surface area contributed by atoms with Gasteiger partial charge in [0, 0.05) is 9.72 Å². The molecule has 0 unspecified atom stereocenters. The summed E-state index contributed by atoms with van der Waals surface area (Å²) in [5, 5.41) is 2.05.